The number of aromatic nitrogens is 2. The van der Waals surface area contributed by atoms with E-state index in [0.29, 0.717) is 36.0 Å². The van der Waals surface area contributed by atoms with E-state index in [2.05, 4.69) is 37.3 Å². The van der Waals surface area contributed by atoms with E-state index in [-0.39, 0.29) is 73.5 Å². The van der Waals surface area contributed by atoms with Crippen LogP contribution in [0, 0.1) is 16.7 Å². The number of likely N-dealkylation sites (tertiary alicyclic amines) is 1. The molecule has 2 fully saturated rings. The van der Waals surface area contributed by atoms with Crippen molar-refractivity contribution in [1.29, 1.82) is 5.26 Å². The number of nitrogens with zero attached hydrogens (tertiary/aromatic N) is 4. The zero-order chi connectivity index (χ0) is 35.7. The second kappa shape index (κ2) is 16.0. The van der Waals surface area contributed by atoms with Gasteiger partial charge in [0.25, 0.3) is 5.91 Å². The number of ether oxygens (including phenoxy) is 1. The quantitative estimate of drug-likeness (QED) is 0.114. The van der Waals surface area contributed by atoms with Crippen LogP contribution in [-0.4, -0.2) is 100 Å². The molecule has 2 heterocycles. The van der Waals surface area contributed by atoms with Crippen LogP contribution in [0.5, 0.6) is 5.75 Å². The predicted molar refractivity (Wildman–Crippen MR) is 174 cm³/mol. The Labute approximate surface area is 282 Å². The molecule has 2 atom stereocenters. The van der Waals surface area contributed by atoms with E-state index in [4.69, 9.17) is 4.74 Å². The molecule has 5 N–H and O–H groups in total. The number of nitriles is 1. The monoisotopic (exact) mass is 676 g/mol. The van der Waals surface area contributed by atoms with Gasteiger partial charge in [0.05, 0.1) is 30.3 Å². The Hall–Kier alpha value is -5.59. The van der Waals surface area contributed by atoms with Gasteiger partial charge in [-0.3, -0.25) is 24.0 Å². The molecule has 4 rings (SSSR count). The van der Waals surface area contributed by atoms with Crippen LogP contribution in [0.3, 0.4) is 0 Å². The van der Waals surface area contributed by atoms with Crippen molar-refractivity contribution in [2.45, 2.75) is 65.0 Å². The predicted octanol–water partition coefficient (Wildman–Crippen LogP) is 1.22. The van der Waals surface area contributed by atoms with E-state index in [0.717, 1.165) is 6.42 Å². The Balaban J connectivity index is 1.28. The first-order valence-electron chi connectivity index (χ1n) is 15.9. The maximum Gasteiger partial charge on any atom is 0.405 e. The normalized spacial score (nSPS) is 17.6. The molecule has 1 saturated heterocycles. The summed E-state index contributed by atoms with van der Waals surface area (Å²) in [5.41, 5.74) is 0.423. The number of hydrogen-bond acceptors (Lipinski definition) is 11. The number of benzene rings is 1. The lowest BCUT2D eigenvalue weighted by molar-refractivity contribution is -0.130. The van der Waals surface area contributed by atoms with Gasteiger partial charge in [0.2, 0.25) is 11.8 Å². The fraction of sp³-hybridized carbons (Fsp3) is 0.485. The summed E-state index contributed by atoms with van der Waals surface area (Å²) < 4.78 is 5.80. The second-order valence-electron chi connectivity index (χ2n) is 12.7. The molecule has 0 spiro atoms. The Morgan fingerprint density at radius 2 is 1.86 bits per heavy atom. The number of nitrogens with one attached hydrogen (secondary N) is 4. The molecule has 4 amide bonds. The summed E-state index contributed by atoms with van der Waals surface area (Å²) in [7, 11) is 0. The third-order valence-corrected chi connectivity index (χ3v) is 8.23. The topological polar surface area (TPSA) is 233 Å². The highest BCUT2D eigenvalue weighted by molar-refractivity contribution is 6.22. The Morgan fingerprint density at radius 3 is 2.55 bits per heavy atom. The van der Waals surface area contributed by atoms with Crippen LogP contribution >= 0.6 is 0 Å². The number of carbonyl (C=O) groups is 6. The lowest BCUT2D eigenvalue weighted by atomic mass is 9.73. The number of Topliss-reactive ketones (excluding diaryl/α,β-unsaturated/α-hetero) is 2. The third-order valence-electron chi connectivity index (χ3n) is 8.23. The molecule has 2 aliphatic rings. The Bertz CT molecular complexity index is 1690. The van der Waals surface area contributed by atoms with Crippen molar-refractivity contribution >= 4 is 46.3 Å². The van der Waals surface area contributed by atoms with E-state index < -0.39 is 35.4 Å². The minimum atomic E-state index is -1.42. The standard InChI is InChI=1S/C33H40N8O8/c1-19(28-25(42)13-33(2,3)14-26(28)43)36-16-24(40-32(47)48)30(45)35-9-5-11-49-21-7-8-23-22(12-21)29(39-18-38-23)31(46)37-17-27(44)41-10-4-6-20(41)15-34/h7-8,12,18,20,24,36,40H,4-6,9-11,13-14,16-17H2,1-3H3,(H,35,45)(H,37,46)(H,47,48)/t20-,24?/m0/s1. The number of hydrogen-bond donors (Lipinski definition) is 5. The van der Waals surface area contributed by atoms with E-state index >= 15 is 0 Å². The number of fused-ring (bicyclic) bond motifs is 1. The molecule has 1 aliphatic heterocycles. The maximum absolute atomic E-state index is 12.9. The first-order valence-corrected chi connectivity index (χ1v) is 15.9. The number of carboxylic acid groups (broad SMARTS) is 1. The van der Waals surface area contributed by atoms with Gasteiger partial charge in [0.15, 0.2) is 11.6 Å². The average molecular weight is 677 g/mol. The molecule has 49 heavy (non-hydrogen) atoms. The largest absolute Gasteiger partial charge is 0.494 e. The van der Waals surface area contributed by atoms with Crippen LogP contribution in [0.15, 0.2) is 35.8 Å². The van der Waals surface area contributed by atoms with Gasteiger partial charge in [-0.1, -0.05) is 13.8 Å². The summed E-state index contributed by atoms with van der Waals surface area (Å²) in [6.07, 6.45) is 1.93. The lowest BCUT2D eigenvalue weighted by Crippen LogP contribution is -2.51. The molecule has 0 bridgehead atoms. The fourth-order valence-corrected chi connectivity index (χ4v) is 5.83. The smallest absolute Gasteiger partial charge is 0.405 e. The highest BCUT2D eigenvalue weighted by Gasteiger charge is 2.37. The molecule has 1 aromatic carbocycles. The average Bonchev–Trinajstić information content (AvgIpc) is 3.53. The molecular formula is C33H40N8O8. The molecule has 16 nitrogen and oxygen atoms in total. The maximum atomic E-state index is 12.9. The van der Waals surface area contributed by atoms with Gasteiger partial charge in [-0.05, 0) is 49.8 Å². The second-order valence-corrected chi connectivity index (χ2v) is 12.7. The van der Waals surface area contributed by atoms with Crippen LogP contribution in [0.25, 0.3) is 10.9 Å². The van der Waals surface area contributed by atoms with Gasteiger partial charge < -0.3 is 36.0 Å². The molecule has 1 unspecified atom stereocenters. The number of amides is 4. The van der Waals surface area contributed by atoms with E-state index in [1.807, 2.05) is 13.8 Å². The van der Waals surface area contributed by atoms with Crippen molar-refractivity contribution in [3.8, 4) is 11.8 Å². The molecule has 1 saturated carbocycles. The third kappa shape index (κ3) is 9.49. The number of carbonyl (C=O) groups excluding carboxylic acids is 5. The summed E-state index contributed by atoms with van der Waals surface area (Å²) >= 11 is 0. The molecular weight excluding hydrogens is 636 g/mol. The summed E-state index contributed by atoms with van der Waals surface area (Å²) in [4.78, 5) is 84.5. The molecule has 16 heteroatoms. The highest BCUT2D eigenvalue weighted by Crippen LogP contribution is 2.34. The number of allylic oxidation sites excluding steroid dienone is 2. The van der Waals surface area contributed by atoms with Crippen LogP contribution in [0.2, 0.25) is 0 Å². The van der Waals surface area contributed by atoms with Gasteiger partial charge in [-0.15, -0.1) is 0 Å². The molecule has 0 radical (unpaired) electrons. The zero-order valence-corrected chi connectivity index (χ0v) is 27.6. The van der Waals surface area contributed by atoms with Gasteiger partial charge in [0.1, 0.15) is 29.9 Å². The summed E-state index contributed by atoms with van der Waals surface area (Å²) in [6.45, 7) is 5.54. The molecule has 1 aliphatic carbocycles. The van der Waals surface area contributed by atoms with Crippen molar-refractivity contribution < 1.29 is 38.6 Å². The molecule has 1 aromatic heterocycles. The first kappa shape index (κ1) is 36.2. The van der Waals surface area contributed by atoms with Gasteiger partial charge in [-0.2, -0.15) is 5.26 Å². The Morgan fingerprint density at radius 1 is 1.12 bits per heavy atom. The number of rotatable bonds is 13. The van der Waals surface area contributed by atoms with Crippen LogP contribution in [-0.2, 0) is 19.2 Å². The zero-order valence-electron chi connectivity index (χ0n) is 27.6. The fourth-order valence-electron chi connectivity index (χ4n) is 5.83. The summed E-state index contributed by atoms with van der Waals surface area (Å²) in [5.74, 6) is -1.73. The minimum Gasteiger partial charge on any atom is -0.494 e. The highest BCUT2D eigenvalue weighted by atomic mass is 16.5. The van der Waals surface area contributed by atoms with Crippen LogP contribution in [0.1, 0.15) is 63.4 Å². The van der Waals surface area contributed by atoms with E-state index in [9.17, 15) is 39.1 Å². The van der Waals surface area contributed by atoms with Gasteiger partial charge in [0, 0.05) is 43.6 Å². The molecule has 2 aromatic rings. The van der Waals surface area contributed by atoms with E-state index in [1.165, 1.54) is 11.2 Å². The van der Waals surface area contributed by atoms with Gasteiger partial charge >= 0.3 is 6.09 Å². The van der Waals surface area contributed by atoms with Crippen molar-refractivity contribution in [3.63, 3.8) is 0 Å². The SMILES string of the molecule is CC(NCC(NC(=O)O)C(=O)NCCCOc1ccc2ncnc(C(=O)NCC(=O)N3CCC[C@H]3C#N)c2c1)=C1C(=O)CC(C)(C)CC1=O. The molecule has 260 valence electrons. The van der Waals surface area contributed by atoms with Crippen molar-refractivity contribution in [2.75, 3.05) is 32.8 Å². The van der Waals surface area contributed by atoms with Crippen LogP contribution in [0.4, 0.5) is 4.79 Å². The summed E-state index contributed by atoms with van der Waals surface area (Å²) in [5, 5.41) is 29.1. The lowest BCUT2D eigenvalue weighted by Gasteiger charge is -2.29. The van der Waals surface area contributed by atoms with E-state index in [1.54, 1.807) is 25.1 Å². The minimum absolute atomic E-state index is 0.0429. The van der Waals surface area contributed by atoms with Crippen molar-refractivity contribution in [1.82, 2.24) is 36.1 Å². The Kier molecular flexibility index (Phi) is 11.8. The van der Waals surface area contributed by atoms with Crippen LogP contribution < -0.4 is 26.0 Å². The summed E-state index contributed by atoms with van der Waals surface area (Å²) in [6, 6.07) is 5.30. The first-order chi connectivity index (χ1) is 23.3. The van der Waals surface area contributed by atoms with Crippen molar-refractivity contribution in [2.24, 2.45) is 5.41 Å². The number of ketones is 2. The van der Waals surface area contributed by atoms with Gasteiger partial charge in [-0.25, -0.2) is 14.8 Å². The van der Waals surface area contributed by atoms with Crippen molar-refractivity contribution in [3.05, 3.63) is 41.5 Å².